The molecule has 5 nitrogen and oxygen atoms in total. The Morgan fingerprint density at radius 2 is 2.55 bits per heavy atom. The molecule has 0 atom stereocenters. The van der Waals surface area contributed by atoms with Gasteiger partial charge in [-0.15, -0.1) is 0 Å². The van der Waals surface area contributed by atoms with E-state index in [1.165, 1.54) is 7.11 Å². The number of nitrogen functional groups attached to an aromatic ring is 1. The van der Waals surface area contributed by atoms with Crippen LogP contribution in [-0.4, -0.2) is 12.3 Å². The van der Waals surface area contributed by atoms with Gasteiger partial charge < -0.3 is 15.0 Å². The Labute approximate surface area is 63.3 Å². The maximum absolute atomic E-state index is 8.53. The van der Waals surface area contributed by atoms with Crippen LogP contribution in [0.5, 0.6) is 0 Å². The van der Waals surface area contributed by atoms with E-state index < -0.39 is 0 Å². The molecule has 0 aliphatic heterocycles. The van der Waals surface area contributed by atoms with Crippen LogP contribution in [0.25, 0.3) is 0 Å². The molecule has 0 aliphatic rings. The summed E-state index contributed by atoms with van der Waals surface area (Å²) in [4.78, 5) is 0. The van der Waals surface area contributed by atoms with Crippen molar-refractivity contribution >= 4 is 5.88 Å². The molecule has 1 heterocycles. The van der Waals surface area contributed by atoms with Crippen LogP contribution in [0.1, 0.15) is 11.3 Å². The van der Waals surface area contributed by atoms with Gasteiger partial charge in [-0.2, -0.15) is 5.26 Å². The van der Waals surface area contributed by atoms with Gasteiger partial charge in [0, 0.05) is 7.11 Å². The summed E-state index contributed by atoms with van der Waals surface area (Å²) in [5, 5.41) is 12.1. The molecule has 0 saturated carbocycles. The number of hydrogen-bond donors (Lipinski definition) is 1. The first-order valence-corrected chi connectivity index (χ1v) is 2.92. The first-order chi connectivity index (χ1) is 5.29. The number of aromatic nitrogens is 1. The van der Waals surface area contributed by atoms with E-state index in [0.29, 0.717) is 5.69 Å². The van der Waals surface area contributed by atoms with Crippen molar-refractivity contribution in [1.82, 2.24) is 5.16 Å². The smallest absolute Gasteiger partial charge is 0.240 e. The Morgan fingerprint density at radius 3 is 3.09 bits per heavy atom. The fourth-order valence-corrected chi connectivity index (χ4v) is 0.693. The quantitative estimate of drug-likeness (QED) is 0.659. The average molecular weight is 153 g/mol. The van der Waals surface area contributed by atoms with E-state index in [9.17, 15) is 0 Å². The van der Waals surface area contributed by atoms with Gasteiger partial charge in [0.25, 0.3) is 0 Å². The Hall–Kier alpha value is -1.54. The van der Waals surface area contributed by atoms with E-state index in [-0.39, 0.29) is 18.1 Å². The summed E-state index contributed by atoms with van der Waals surface area (Å²) >= 11 is 0. The number of rotatable bonds is 2. The molecule has 0 radical (unpaired) electrons. The number of nitrogens with zero attached hydrogens (tertiary/aromatic N) is 2. The molecule has 11 heavy (non-hydrogen) atoms. The molecule has 0 aliphatic carbocycles. The van der Waals surface area contributed by atoms with Crippen LogP contribution < -0.4 is 5.73 Å². The highest BCUT2D eigenvalue weighted by atomic mass is 16.5. The zero-order valence-electron chi connectivity index (χ0n) is 6.00. The molecule has 1 rings (SSSR count). The van der Waals surface area contributed by atoms with E-state index in [2.05, 4.69) is 9.68 Å². The van der Waals surface area contributed by atoms with Crippen molar-refractivity contribution in [3.63, 3.8) is 0 Å². The number of nitrogens with two attached hydrogens (primary N) is 1. The standard InChI is InChI=1S/C6H7N3O2/c1-10-3-5-4(2-7)6(8)11-9-5/h3,8H2,1H3. The molecule has 58 valence electrons. The highest BCUT2D eigenvalue weighted by Crippen LogP contribution is 2.14. The summed E-state index contributed by atoms with van der Waals surface area (Å²) < 4.78 is 9.32. The van der Waals surface area contributed by atoms with Gasteiger partial charge >= 0.3 is 0 Å². The minimum Gasteiger partial charge on any atom is -0.378 e. The lowest BCUT2D eigenvalue weighted by Crippen LogP contribution is -1.92. The van der Waals surface area contributed by atoms with Crippen molar-refractivity contribution in [3.05, 3.63) is 11.3 Å². The number of nitriles is 1. The predicted molar refractivity (Wildman–Crippen MR) is 36.3 cm³/mol. The molecular formula is C6H7N3O2. The van der Waals surface area contributed by atoms with Crippen molar-refractivity contribution in [2.75, 3.05) is 12.8 Å². The fraction of sp³-hybridized carbons (Fsp3) is 0.333. The fourth-order valence-electron chi connectivity index (χ4n) is 0.693. The van der Waals surface area contributed by atoms with Gasteiger partial charge in [0.2, 0.25) is 5.88 Å². The minimum absolute atomic E-state index is 0.0413. The summed E-state index contributed by atoms with van der Waals surface area (Å²) in [6.07, 6.45) is 0. The van der Waals surface area contributed by atoms with Crippen LogP contribution in [0.4, 0.5) is 5.88 Å². The van der Waals surface area contributed by atoms with Gasteiger partial charge in [0.15, 0.2) is 0 Å². The number of methoxy groups -OCH3 is 1. The van der Waals surface area contributed by atoms with Gasteiger partial charge in [-0.05, 0) is 0 Å². The largest absolute Gasteiger partial charge is 0.378 e. The first kappa shape index (κ1) is 7.57. The summed E-state index contributed by atoms with van der Waals surface area (Å²) in [5.74, 6) is 0.0413. The SMILES string of the molecule is COCc1noc(N)c1C#N. The van der Waals surface area contributed by atoms with Crippen LogP contribution in [0.15, 0.2) is 4.52 Å². The van der Waals surface area contributed by atoms with Crippen molar-refractivity contribution in [1.29, 1.82) is 5.26 Å². The molecule has 1 aromatic heterocycles. The number of hydrogen-bond acceptors (Lipinski definition) is 5. The molecule has 0 fully saturated rings. The Kier molecular flexibility index (Phi) is 2.09. The van der Waals surface area contributed by atoms with Crippen molar-refractivity contribution in [2.24, 2.45) is 0 Å². The second kappa shape index (κ2) is 3.03. The zero-order chi connectivity index (χ0) is 8.27. The Morgan fingerprint density at radius 1 is 1.82 bits per heavy atom. The van der Waals surface area contributed by atoms with Crippen LogP contribution in [0.2, 0.25) is 0 Å². The van der Waals surface area contributed by atoms with Gasteiger partial charge in [-0.1, -0.05) is 5.16 Å². The number of anilines is 1. The van der Waals surface area contributed by atoms with Gasteiger partial charge in [0.1, 0.15) is 17.3 Å². The van der Waals surface area contributed by atoms with Gasteiger partial charge in [-0.25, -0.2) is 0 Å². The lowest BCUT2D eigenvalue weighted by molar-refractivity contribution is 0.177. The summed E-state index contributed by atoms with van der Waals surface area (Å²) in [6.45, 7) is 0.240. The van der Waals surface area contributed by atoms with E-state index in [1.807, 2.05) is 6.07 Å². The molecule has 0 bridgehead atoms. The first-order valence-electron chi connectivity index (χ1n) is 2.92. The Bertz CT molecular complexity index is 287. The van der Waals surface area contributed by atoms with E-state index in [4.69, 9.17) is 15.7 Å². The second-order valence-electron chi connectivity index (χ2n) is 1.91. The van der Waals surface area contributed by atoms with E-state index >= 15 is 0 Å². The molecule has 0 saturated heterocycles. The number of ether oxygens (including phenoxy) is 1. The monoisotopic (exact) mass is 153 g/mol. The maximum Gasteiger partial charge on any atom is 0.240 e. The molecule has 5 heteroatoms. The predicted octanol–water partition coefficient (Wildman–Crippen LogP) is 0.275. The van der Waals surface area contributed by atoms with Crippen LogP contribution in [0, 0.1) is 11.3 Å². The summed E-state index contributed by atoms with van der Waals surface area (Å²) in [7, 11) is 1.51. The molecule has 1 aromatic rings. The van der Waals surface area contributed by atoms with Crippen LogP contribution in [-0.2, 0) is 11.3 Å². The molecule has 0 unspecified atom stereocenters. The molecule has 0 aromatic carbocycles. The summed E-state index contributed by atoms with van der Waals surface area (Å²) in [6, 6.07) is 1.87. The maximum atomic E-state index is 8.53. The van der Waals surface area contributed by atoms with Crippen LogP contribution in [0.3, 0.4) is 0 Å². The van der Waals surface area contributed by atoms with Crippen molar-refractivity contribution in [2.45, 2.75) is 6.61 Å². The molecule has 0 spiro atoms. The molecule has 2 N–H and O–H groups in total. The molecular weight excluding hydrogens is 146 g/mol. The third-order valence-corrected chi connectivity index (χ3v) is 1.18. The van der Waals surface area contributed by atoms with Gasteiger partial charge in [0.05, 0.1) is 6.61 Å². The third kappa shape index (κ3) is 1.30. The zero-order valence-corrected chi connectivity index (χ0v) is 6.00. The van der Waals surface area contributed by atoms with Crippen molar-refractivity contribution < 1.29 is 9.26 Å². The summed E-state index contributed by atoms with van der Waals surface area (Å²) in [5.41, 5.74) is 5.97. The topological polar surface area (TPSA) is 85.1 Å². The third-order valence-electron chi connectivity index (χ3n) is 1.18. The van der Waals surface area contributed by atoms with E-state index in [0.717, 1.165) is 0 Å². The highest BCUT2D eigenvalue weighted by Gasteiger charge is 2.11. The van der Waals surface area contributed by atoms with Gasteiger partial charge in [-0.3, -0.25) is 0 Å². The van der Waals surface area contributed by atoms with Crippen molar-refractivity contribution in [3.8, 4) is 6.07 Å². The lowest BCUT2D eigenvalue weighted by atomic mass is 10.2. The molecule has 0 amide bonds. The minimum atomic E-state index is 0.0413. The van der Waals surface area contributed by atoms with E-state index in [1.54, 1.807) is 0 Å². The average Bonchev–Trinajstić information content (AvgIpc) is 2.33. The Balaban J connectivity index is 2.98. The normalized spacial score (nSPS) is 9.45. The second-order valence-corrected chi connectivity index (χ2v) is 1.91. The van der Waals surface area contributed by atoms with Crippen LogP contribution >= 0.6 is 0 Å². The lowest BCUT2D eigenvalue weighted by Gasteiger charge is -1.89. The highest BCUT2D eigenvalue weighted by molar-refractivity contribution is 5.48.